The number of aromatic amines is 1. The number of aryl methyl sites for hydroxylation is 1. The van der Waals surface area contributed by atoms with Crippen LogP contribution < -0.4 is 5.32 Å². The van der Waals surface area contributed by atoms with E-state index in [1.165, 1.54) is 11.3 Å². The average molecular weight is 581 g/mol. The van der Waals surface area contributed by atoms with Gasteiger partial charge in [-0.1, -0.05) is 19.9 Å². The molecule has 0 saturated heterocycles. The number of rotatable bonds is 6. The summed E-state index contributed by atoms with van der Waals surface area (Å²) in [6.45, 7) is 6.29. The van der Waals surface area contributed by atoms with Gasteiger partial charge in [-0.25, -0.2) is 19.7 Å². The molecule has 42 heavy (non-hydrogen) atoms. The van der Waals surface area contributed by atoms with Crippen LogP contribution in [0.5, 0.6) is 0 Å². The third kappa shape index (κ3) is 5.43. The summed E-state index contributed by atoms with van der Waals surface area (Å²) in [6.07, 6.45) is 9.36. The Morgan fingerprint density at radius 3 is 2.71 bits per heavy atom. The molecule has 9 nitrogen and oxygen atoms in total. The number of aromatic carboxylic acids is 1. The van der Waals surface area contributed by atoms with Gasteiger partial charge in [0.05, 0.1) is 22.3 Å². The van der Waals surface area contributed by atoms with Gasteiger partial charge in [0.2, 0.25) is 0 Å². The highest BCUT2D eigenvalue weighted by Gasteiger charge is 2.39. The number of carboxylic acids is 1. The zero-order chi connectivity index (χ0) is 29.4. The molecule has 10 heteroatoms. The van der Waals surface area contributed by atoms with Gasteiger partial charge < -0.3 is 15.5 Å². The standard InChI is InChI=1S/C32H32N6O3S/c1-18-6-8-32(41,25-5-4-22(30(39)40)13-24(25)20(3)10-18)31-34-17-27(42-31)26-11-19(2)12-29(37-26)38-28-14-21(7-9-33-28)23-15-35-36-16-23/h4-5,7,9,11-18,20,41H,6,8,10H2,1-3H3,(H,35,36)(H,39,40)(H,33,37,38). The Balaban J connectivity index is 1.34. The van der Waals surface area contributed by atoms with Crippen LogP contribution in [0.1, 0.15) is 71.1 Å². The Bertz CT molecular complexity index is 1750. The summed E-state index contributed by atoms with van der Waals surface area (Å²) in [7, 11) is 0. The lowest BCUT2D eigenvalue weighted by Gasteiger charge is -2.35. The SMILES string of the molecule is Cc1cc(Nc2cc(-c3cn[nH]c3)ccn2)nc(-c2cnc(C3(O)CCC(C)CC(C)c4cc(C(=O)O)ccc43)s2)c1. The van der Waals surface area contributed by atoms with Crippen molar-refractivity contribution >= 4 is 28.9 Å². The molecule has 0 saturated carbocycles. The number of carboxylic acid groups (broad SMARTS) is 1. The molecule has 0 spiro atoms. The third-order valence-electron chi connectivity index (χ3n) is 7.96. The summed E-state index contributed by atoms with van der Waals surface area (Å²) in [6, 6.07) is 12.9. The molecule has 0 radical (unpaired) electrons. The van der Waals surface area contributed by atoms with Crippen molar-refractivity contribution in [3.63, 3.8) is 0 Å². The maximum absolute atomic E-state index is 12.3. The molecular weight excluding hydrogens is 548 g/mol. The van der Waals surface area contributed by atoms with Gasteiger partial charge in [0, 0.05) is 24.2 Å². The molecule has 4 heterocycles. The molecule has 3 unspecified atom stereocenters. The minimum Gasteiger partial charge on any atom is -0.478 e. The molecular formula is C32H32N6O3S. The maximum atomic E-state index is 12.3. The quantitative estimate of drug-likeness (QED) is 0.170. The van der Waals surface area contributed by atoms with Crippen LogP contribution in [0.4, 0.5) is 11.6 Å². The van der Waals surface area contributed by atoms with Crippen molar-refractivity contribution in [2.24, 2.45) is 5.92 Å². The normalized spacial score (nSPS) is 20.4. The third-order valence-corrected chi connectivity index (χ3v) is 9.13. The summed E-state index contributed by atoms with van der Waals surface area (Å²) >= 11 is 1.41. The van der Waals surface area contributed by atoms with Crippen molar-refractivity contribution in [2.45, 2.75) is 51.6 Å². The minimum absolute atomic E-state index is 0.105. The van der Waals surface area contributed by atoms with Crippen LogP contribution in [-0.4, -0.2) is 41.3 Å². The number of fused-ring (bicyclic) bond motifs is 1. The van der Waals surface area contributed by atoms with Crippen molar-refractivity contribution in [1.82, 2.24) is 25.1 Å². The highest BCUT2D eigenvalue weighted by molar-refractivity contribution is 7.15. The smallest absolute Gasteiger partial charge is 0.335 e. The van der Waals surface area contributed by atoms with E-state index in [2.05, 4.69) is 34.3 Å². The Hall–Kier alpha value is -4.41. The molecule has 0 fully saturated rings. The van der Waals surface area contributed by atoms with Gasteiger partial charge in [-0.15, -0.1) is 11.3 Å². The molecule has 0 amide bonds. The number of aromatic nitrogens is 5. The molecule has 1 aliphatic carbocycles. The number of nitrogens with zero attached hydrogens (tertiary/aromatic N) is 4. The topological polar surface area (TPSA) is 137 Å². The molecule has 5 aromatic rings. The fourth-order valence-electron chi connectivity index (χ4n) is 5.80. The van der Waals surface area contributed by atoms with E-state index in [4.69, 9.17) is 9.97 Å². The summed E-state index contributed by atoms with van der Waals surface area (Å²) in [5.74, 6) is 0.815. The first kappa shape index (κ1) is 27.7. The van der Waals surface area contributed by atoms with E-state index < -0.39 is 11.6 Å². The maximum Gasteiger partial charge on any atom is 0.335 e. The number of benzene rings is 1. The highest BCUT2D eigenvalue weighted by Crippen LogP contribution is 2.46. The molecule has 3 atom stereocenters. The van der Waals surface area contributed by atoms with E-state index in [1.807, 2.05) is 37.4 Å². The Kier molecular flexibility index (Phi) is 7.34. The molecule has 6 rings (SSSR count). The number of thiazole rings is 1. The minimum atomic E-state index is -1.33. The predicted octanol–water partition coefficient (Wildman–Crippen LogP) is 6.90. The largest absolute Gasteiger partial charge is 0.478 e. The molecule has 1 aromatic carbocycles. The number of hydrogen-bond acceptors (Lipinski definition) is 8. The van der Waals surface area contributed by atoms with Crippen LogP contribution in [0.3, 0.4) is 0 Å². The van der Waals surface area contributed by atoms with Gasteiger partial charge in [0.1, 0.15) is 22.2 Å². The molecule has 4 aromatic heterocycles. The molecule has 214 valence electrons. The van der Waals surface area contributed by atoms with Gasteiger partial charge in [-0.3, -0.25) is 5.10 Å². The average Bonchev–Trinajstić information content (AvgIpc) is 3.69. The number of H-pyrrole nitrogens is 1. The first-order valence-corrected chi connectivity index (χ1v) is 14.8. The fourth-order valence-corrected chi connectivity index (χ4v) is 6.81. The first-order valence-electron chi connectivity index (χ1n) is 14.0. The van der Waals surface area contributed by atoms with Gasteiger partial charge in [0.15, 0.2) is 0 Å². The zero-order valence-electron chi connectivity index (χ0n) is 23.6. The highest BCUT2D eigenvalue weighted by atomic mass is 32.1. The van der Waals surface area contributed by atoms with E-state index in [1.54, 1.807) is 36.8 Å². The number of anilines is 2. The predicted molar refractivity (Wildman–Crippen MR) is 163 cm³/mol. The van der Waals surface area contributed by atoms with Crippen LogP contribution >= 0.6 is 11.3 Å². The van der Waals surface area contributed by atoms with Crippen LogP contribution in [0, 0.1) is 12.8 Å². The van der Waals surface area contributed by atoms with E-state index in [9.17, 15) is 15.0 Å². The van der Waals surface area contributed by atoms with E-state index in [0.717, 1.165) is 51.2 Å². The molecule has 0 aliphatic heterocycles. The second kappa shape index (κ2) is 11.1. The van der Waals surface area contributed by atoms with Gasteiger partial charge in [0.25, 0.3) is 0 Å². The lowest BCUT2D eigenvalue weighted by Crippen LogP contribution is -2.31. The Morgan fingerprint density at radius 1 is 1.07 bits per heavy atom. The second-order valence-electron chi connectivity index (χ2n) is 11.2. The number of nitrogens with one attached hydrogen (secondary N) is 2. The number of aliphatic hydroxyl groups is 1. The van der Waals surface area contributed by atoms with Crippen molar-refractivity contribution in [3.05, 3.63) is 94.5 Å². The lowest BCUT2D eigenvalue weighted by atomic mass is 9.75. The van der Waals surface area contributed by atoms with Gasteiger partial charge >= 0.3 is 5.97 Å². The van der Waals surface area contributed by atoms with Crippen molar-refractivity contribution in [3.8, 4) is 21.7 Å². The number of hydrogen-bond donors (Lipinski definition) is 4. The Morgan fingerprint density at radius 2 is 1.93 bits per heavy atom. The molecule has 4 N–H and O–H groups in total. The second-order valence-corrected chi connectivity index (χ2v) is 12.3. The summed E-state index contributed by atoms with van der Waals surface area (Å²) < 4.78 is 0. The summed E-state index contributed by atoms with van der Waals surface area (Å²) in [4.78, 5) is 26.6. The Labute approximate surface area is 247 Å². The lowest BCUT2D eigenvalue weighted by molar-refractivity contribution is 0.0583. The van der Waals surface area contributed by atoms with E-state index >= 15 is 0 Å². The van der Waals surface area contributed by atoms with Gasteiger partial charge in [-0.2, -0.15) is 5.10 Å². The van der Waals surface area contributed by atoms with Crippen LogP contribution in [-0.2, 0) is 5.60 Å². The van der Waals surface area contributed by atoms with E-state index in [-0.39, 0.29) is 11.5 Å². The summed E-state index contributed by atoms with van der Waals surface area (Å²) in [5.41, 5.74) is 4.19. The monoisotopic (exact) mass is 580 g/mol. The van der Waals surface area contributed by atoms with Crippen LogP contribution in [0.2, 0.25) is 0 Å². The van der Waals surface area contributed by atoms with Crippen LogP contribution in [0.15, 0.2) is 67.3 Å². The fraction of sp³-hybridized carbons (Fsp3) is 0.281. The van der Waals surface area contributed by atoms with Crippen molar-refractivity contribution in [1.29, 1.82) is 0 Å². The number of carbonyl (C=O) groups is 1. The van der Waals surface area contributed by atoms with E-state index in [0.29, 0.717) is 29.0 Å². The summed E-state index contributed by atoms with van der Waals surface area (Å²) in [5, 5.41) is 32.7. The van der Waals surface area contributed by atoms with Crippen molar-refractivity contribution < 1.29 is 15.0 Å². The molecule has 1 aliphatic rings. The van der Waals surface area contributed by atoms with Crippen molar-refractivity contribution in [2.75, 3.05) is 5.32 Å². The first-order chi connectivity index (χ1) is 20.2. The van der Waals surface area contributed by atoms with Crippen LogP contribution in [0.25, 0.3) is 21.7 Å². The van der Waals surface area contributed by atoms with Gasteiger partial charge in [-0.05, 0) is 96.7 Å². The zero-order valence-corrected chi connectivity index (χ0v) is 24.4. The number of pyridine rings is 2. The molecule has 0 bridgehead atoms.